The van der Waals surface area contributed by atoms with Crippen molar-refractivity contribution in [3.05, 3.63) is 41.4 Å². The Morgan fingerprint density at radius 1 is 1.30 bits per heavy atom. The molecule has 2 heterocycles. The van der Waals surface area contributed by atoms with Crippen LogP contribution in [0.4, 0.5) is 4.79 Å². The summed E-state index contributed by atoms with van der Waals surface area (Å²) in [5.74, 6) is 0.499. The first kappa shape index (κ1) is 16.0. The van der Waals surface area contributed by atoms with Crippen LogP contribution in [0.2, 0.25) is 0 Å². The predicted molar refractivity (Wildman–Crippen MR) is 91.4 cm³/mol. The number of hydrogen-bond acceptors (Lipinski definition) is 6. The van der Waals surface area contributed by atoms with Crippen molar-refractivity contribution in [3.8, 4) is 10.6 Å². The highest BCUT2D eigenvalue weighted by Crippen LogP contribution is 2.23. The van der Waals surface area contributed by atoms with Crippen molar-refractivity contribution >= 4 is 34.3 Å². The summed E-state index contributed by atoms with van der Waals surface area (Å²) >= 11 is 2.82. The van der Waals surface area contributed by atoms with E-state index in [4.69, 9.17) is 4.74 Å². The molecule has 1 aromatic heterocycles. The summed E-state index contributed by atoms with van der Waals surface area (Å²) in [6, 6.07) is 9.89. The van der Waals surface area contributed by atoms with E-state index in [1.54, 1.807) is 4.90 Å². The SMILES string of the molecule is O=C(CCN1CCSC1=O)OCc1csc(-c2ccccc2)n1. The molecule has 2 aromatic rings. The van der Waals surface area contributed by atoms with Crippen LogP contribution in [0.15, 0.2) is 35.7 Å². The standard InChI is InChI=1S/C16H16N2O3S2/c19-14(6-7-18-8-9-22-16(18)20)21-10-13-11-23-15(17-13)12-4-2-1-3-5-12/h1-5,11H,6-10H2. The first-order valence-electron chi connectivity index (χ1n) is 7.29. The minimum Gasteiger partial charge on any atom is -0.459 e. The van der Waals surface area contributed by atoms with E-state index >= 15 is 0 Å². The highest BCUT2D eigenvalue weighted by molar-refractivity contribution is 8.13. The molecule has 120 valence electrons. The van der Waals surface area contributed by atoms with Crippen LogP contribution in [0.25, 0.3) is 10.6 Å². The summed E-state index contributed by atoms with van der Waals surface area (Å²) in [5, 5.41) is 2.86. The van der Waals surface area contributed by atoms with Gasteiger partial charge in [-0.3, -0.25) is 9.59 Å². The van der Waals surface area contributed by atoms with Crippen LogP contribution in [0.1, 0.15) is 12.1 Å². The molecule has 0 N–H and O–H groups in total. The zero-order valence-corrected chi connectivity index (χ0v) is 14.1. The van der Waals surface area contributed by atoms with E-state index < -0.39 is 0 Å². The number of nitrogens with zero attached hydrogens (tertiary/aromatic N) is 2. The van der Waals surface area contributed by atoms with Crippen LogP contribution < -0.4 is 0 Å². The Bertz CT molecular complexity index is 688. The van der Waals surface area contributed by atoms with Crippen LogP contribution in [-0.4, -0.2) is 39.9 Å². The van der Waals surface area contributed by atoms with Crippen LogP contribution in [0.3, 0.4) is 0 Å². The number of amides is 1. The maximum atomic E-state index is 11.8. The number of rotatable bonds is 6. The summed E-state index contributed by atoms with van der Waals surface area (Å²) in [6.07, 6.45) is 0.224. The van der Waals surface area contributed by atoms with E-state index in [1.807, 2.05) is 35.7 Å². The second-order valence-corrected chi connectivity index (χ2v) is 6.93. The molecule has 0 saturated carbocycles. The second-order valence-electron chi connectivity index (χ2n) is 5.02. The molecule has 0 spiro atoms. The van der Waals surface area contributed by atoms with Crippen molar-refractivity contribution in [2.45, 2.75) is 13.0 Å². The molecule has 0 aliphatic carbocycles. The molecular weight excluding hydrogens is 332 g/mol. The molecule has 0 unspecified atom stereocenters. The zero-order valence-electron chi connectivity index (χ0n) is 12.4. The molecular formula is C16H16N2O3S2. The normalized spacial score (nSPS) is 14.3. The number of thiazole rings is 1. The highest BCUT2D eigenvalue weighted by atomic mass is 32.2. The third kappa shape index (κ3) is 4.33. The second kappa shape index (κ2) is 7.61. The van der Waals surface area contributed by atoms with E-state index in [0.29, 0.717) is 13.1 Å². The van der Waals surface area contributed by atoms with Gasteiger partial charge in [-0.25, -0.2) is 4.98 Å². The van der Waals surface area contributed by atoms with Gasteiger partial charge in [-0.2, -0.15) is 0 Å². The van der Waals surface area contributed by atoms with Crippen molar-refractivity contribution in [3.63, 3.8) is 0 Å². The first-order valence-corrected chi connectivity index (χ1v) is 9.16. The largest absolute Gasteiger partial charge is 0.459 e. The van der Waals surface area contributed by atoms with Gasteiger partial charge >= 0.3 is 5.97 Å². The van der Waals surface area contributed by atoms with Gasteiger partial charge in [-0.1, -0.05) is 42.1 Å². The summed E-state index contributed by atoms with van der Waals surface area (Å²) in [4.78, 5) is 29.4. The van der Waals surface area contributed by atoms with E-state index in [0.717, 1.165) is 22.0 Å². The molecule has 1 aliphatic heterocycles. The number of carbonyl (C=O) groups is 2. The molecule has 0 atom stereocenters. The van der Waals surface area contributed by atoms with Crippen molar-refractivity contribution in [2.24, 2.45) is 0 Å². The first-order chi connectivity index (χ1) is 11.2. The maximum absolute atomic E-state index is 11.8. The van der Waals surface area contributed by atoms with Crippen LogP contribution in [0, 0.1) is 0 Å². The molecule has 0 bridgehead atoms. The molecule has 5 nitrogen and oxygen atoms in total. The highest BCUT2D eigenvalue weighted by Gasteiger charge is 2.21. The lowest BCUT2D eigenvalue weighted by molar-refractivity contribution is -0.145. The Labute approximate surface area is 142 Å². The number of esters is 1. The number of thioether (sulfide) groups is 1. The van der Waals surface area contributed by atoms with Gasteiger partial charge in [0.1, 0.15) is 11.6 Å². The van der Waals surface area contributed by atoms with Crippen LogP contribution in [-0.2, 0) is 16.1 Å². The van der Waals surface area contributed by atoms with Gasteiger partial charge in [-0.05, 0) is 0 Å². The molecule has 1 aromatic carbocycles. The van der Waals surface area contributed by atoms with E-state index in [9.17, 15) is 9.59 Å². The van der Waals surface area contributed by atoms with Crippen molar-refractivity contribution in [1.29, 1.82) is 0 Å². The third-order valence-electron chi connectivity index (χ3n) is 3.38. The van der Waals surface area contributed by atoms with Crippen molar-refractivity contribution < 1.29 is 14.3 Å². The number of carbonyl (C=O) groups excluding carboxylic acids is 2. The third-order valence-corrected chi connectivity index (χ3v) is 5.22. The van der Waals surface area contributed by atoms with Gasteiger partial charge < -0.3 is 9.64 Å². The average Bonchev–Trinajstić information content (AvgIpc) is 3.21. The van der Waals surface area contributed by atoms with Gasteiger partial charge in [0.15, 0.2) is 0 Å². The Morgan fingerprint density at radius 2 is 2.13 bits per heavy atom. The van der Waals surface area contributed by atoms with Crippen molar-refractivity contribution in [2.75, 3.05) is 18.8 Å². The Balaban J connectivity index is 1.46. The summed E-state index contributed by atoms with van der Waals surface area (Å²) in [7, 11) is 0. The van der Waals surface area contributed by atoms with Crippen molar-refractivity contribution in [1.82, 2.24) is 9.88 Å². The molecule has 7 heteroatoms. The molecule has 1 aliphatic rings. The summed E-state index contributed by atoms with van der Waals surface area (Å²) in [6.45, 7) is 1.31. The monoisotopic (exact) mass is 348 g/mol. The lowest BCUT2D eigenvalue weighted by Crippen LogP contribution is -2.26. The zero-order chi connectivity index (χ0) is 16.1. The predicted octanol–water partition coefficient (Wildman–Crippen LogP) is 3.41. The molecule has 3 rings (SSSR count). The minimum absolute atomic E-state index is 0.0461. The van der Waals surface area contributed by atoms with Crippen LogP contribution >= 0.6 is 23.1 Å². The van der Waals surface area contributed by atoms with E-state index in [1.165, 1.54) is 23.1 Å². The lowest BCUT2D eigenvalue weighted by Gasteiger charge is -2.13. The molecule has 0 radical (unpaired) electrons. The Morgan fingerprint density at radius 3 is 2.87 bits per heavy atom. The fourth-order valence-electron chi connectivity index (χ4n) is 2.17. The quantitative estimate of drug-likeness (QED) is 0.749. The van der Waals surface area contributed by atoms with Gasteiger partial charge in [0, 0.05) is 29.8 Å². The summed E-state index contributed by atoms with van der Waals surface area (Å²) in [5.41, 5.74) is 1.80. The van der Waals surface area contributed by atoms with Gasteiger partial charge in [-0.15, -0.1) is 11.3 Å². The van der Waals surface area contributed by atoms with E-state index in [2.05, 4.69) is 4.98 Å². The number of hydrogen-bond donors (Lipinski definition) is 0. The summed E-state index contributed by atoms with van der Waals surface area (Å²) < 4.78 is 5.23. The number of ether oxygens (including phenoxy) is 1. The Kier molecular flexibility index (Phi) is 5.30. The fraction of sp³-hybridized carbons (Fsp3) is 0.312. The Hall–Kier alpha value is -1.86. The lowest BCUT2D eigenvalue weighted by atomic mass is 10.2. The topological polar surface area (TPSA) is 59.5 Å². The average molecular weight is 348 g/mol. The molecule has 1 fully saturated rings. The van der Waals surface area contributed by atoms with Gasteiger partial charge in [0.25, 0.3) is 5.24 Å². The fourth-order valence-corrected chi connectivity index (χ4v) is 3.83. The molecule has 23 heavy (non-hydrogen) atoms. The van der Waals surface area contributed by atoms with E-state index in [-0.39, 0.29) is 24.2 Å². The smallest absolute Gasteiger partial charge is 0.307 e. The van der Waals surface area contributed by atoms with Gasteiger partial charge in [0.05, 0.1) is 12.1 Å². The number of aromatic nitrogens is 1. The van der Waals surface area contributed by atoms with Gasteiger partial charge in [0.2, 0.25) is 0 Å². The van der Waals surface area contributed by atoms with Crippen LogP contribution in [0.5, 0.6) is 0 Å². The maximum Gasteiger partial charge on any atom is 0.307 e. The minimum atomic E-state index is -0.302. The molecule has 1 saturated heterocycles. The number of benzene rings is 1. The molecule has 1 amide bonds.